The predicted molar refractivity (Wildman–Crippen MR) is 74.8 cm³/mol. The van der Waals surface area contributed by atoms with Crippen LogP contribution < -0.4 is 0 Å². The Kier molecular flexibility index (Phi) is 5.48. The first-order valence-electron chi connectivity index (χ1n) is 5.62. The normalized spacial score (nSPS) is 14.6. The summed E-state index contributed by atoms with van der Waals surface area (Å²) in [5, 5.41) is 1.95. The highest BCUT2D eigenvalue weighted by molar-refractivity contribution is 8.03. The average Bonchev–Trinajstić information content (AvgIpc) is 1.99. The third-order valence-corrected chi connectivity index (χ3v) is 8.26. The Morgan fingerprint density at radius 2 is 1.73 bits per heavy atom. The molecule has 0 aromatic carbocycles. The van der Waals surface area contributed by atoms with E-state index >= 15 is 0 Å². The highest BCUT2D eigenvalue weighted by atomic mass is 32.2. The van der Waals surface area contributed by atoms with Gasteiger partial charge in [0.2, 0.25) is 0 Å². The van der Waals surface area contributed by atoms with Crippen LogP contribution in [-0.2, 0) is 4.43 Å². The van der Waals surface area contributed by atoms with Gasteiger partial charge in [0.15, 0.2) is 0 Å². The second-order valence-corrected chi connectivity index (χ2v) is 11.9. The van der Waals surface area contributed by atoms with Crippen molar-refractivity contribution in [2.24, 2.45) is 0 Å². The van der Waals surface area contributed by atoms with Crippen LogP contribution in [0.2, 0.25) is 18.1 Å². The number of thioether (sulfide) groups is 1. The minimum atomic E-state index is -1.64. The first-order valence-corrected chi connectivity index (χ1v) is 9.41. The van der Waals surface area contributed by atoms with E-state index in [0.717, 1.165) is 5.09 Å². The van der Waals surface area contributed by atoms with Crippen molar-refractivity contribution in [1.29, 1.82) is 0 Å². The Balaban J connectivity index is 4.56. The summed E-state index contributed by atoms with van der Waals surface area (Å²) in [6.07, 6.45) is 2.09. The molecule has 90 valence electrons. The molecule has 0 heterocycles. The van der Waals surface area contributed by atoms with Crippen LogP contribution >= 0.6 is 11.8 Å². The zero-order valence-corrected chi connectivity index (χ0v) is 13.3. The lowest BCUT2D eigenvalue weighted by molar-refractivity contribution is 0.416. The van der Waals surface area contributed by atoms with Crippen molar-refractivity contribution < 1.29 is 4.43 Å². The van der Waals surface area contributed by atoms with E-state index in [9.17, 15) is 0 Å². The summed E-state index contributed by atoms with van der Waals surface area (Å²) in [5.74, 6) is 0. The number of hydrogen-bond donors (Lipinski definition) is 0. The number of allylic oxidation sites excluding steroid dienone is 1. The fourth-order valence-corrected chi connectivity index (χ4v) is 3.13. The molecule has 0 fully saturated rings. The molecule has 15 heavy (non-hydrogen) atoms. The van der Waals surface area contributed by atoms with Gasteiger partial charge in [-0.3, -0.25) is 0 Å². The molecule has 0 rings (SSSR count). The summed E-state index contributed by atoms with van der Waals surface area (Å²) < 4.78 is 6.23. The third kappa shape index (κ3) is 5.11. The van der Waals surface area contributed by atoms with Crippen molar-refractivity contribution in [3.8, 4) is 0 Å². The van der Waals surface area contributed by atoms with Gasteiger partial charge in [0.05, 0.1) is 0 Å². The van der Waals surface area contributed by atoms with Crippen molar-refractivity contribution in [2.75, 3.05) is 0 Å². The predicted octanol–water partition coefficient (Wildman–Crippen LogP) is 5.01. The smallest absolute Gasteiger partial charge is 0.251 e. The van der Waals surface area contributed by atoms with Crippen LogP contribution in [0.5, 0.6) is 0 Å². The molecule has 0 aromatic heterocycles. The monoisotopic (exact) mass is 246 g/mol. The van der Waals surface area contributed by atoms with Gasteiger partial charge in [-0.15, -0.1) is 0 Å². The summed E-state index contributed by atoms with van der Waals surface area (Å²) in [7, 11) is -1.64. The SMILES string of the molecule is C/C=C(/O[Si](C)(C)C(C)(C)C)SC(C)C. The van der Waals surface area contributed by atoms with E-state index in [1.165, 1.54) is 0 Å². The van der Waals surface area contributed by atoms with E-state index in [4.69, 9.17) is 4.43 Å². The maximum absolute atomic E-state index is 6.23. The van der Waals surface area contributed by atoms with Gasteiger partial charge in [-0.1, -0.05) is 46.4 Å². The topological polar surface area (TPSA) is 9.23 Å². The summed E-state index contributed by atoms with van der Waals surface area (Å²) in [5.41, 5.74) is 0. The Morgan fingerprint density at radius 1 is 1.27 bits per heavy atom. The molecule has 0 radical (unpaired) electrons. The van der Waals surface area contributed by atoms with Crippen molar-refractivity contribution in [3.63, 3.8) is 0 Å². The molecule has 0 spiro atoms. The summed E-state index contributed by atoms with van der Waals surface area (Å²) in [6.45, 7) is 17.8. The molecule has 0 aliphatic heterocycles. The van der Waals surface area contributed by atoms with E-state index in [1.54, 1.807) is 0 Å². The Morgan fingerprint density at radius 3 is 2.00 bits per heavy atom. The van der Waals surface area contributed by atoms with Crippen LogP contribution in [0.1, 0.15) is 41.5 Å². The van der Waals surface area contributed by atoms with Gasteiger partial charge in [0.1, 0.15) is 5.09 Å². The lowest BCUT2D eigenvalue weighted by Crippen LogP contribution is -2.40. The van der Waals surface area contributed by atoms with Gasteiger partial charge in [-0.05, 0) is 31.1 Å². The number of rotatable bonds is 4. The first-order chi connectivity index (χ1) is 6.60. The first kappa shape index (κ1) is 15.1. The third-order valence-electron chi connectivity index (χ3n) is 2.75. The molecule has 0 N–H and O–H groups in total. The quantitative estimate of drug-likeness (QED) is 0.509. The minimum absolute atomic E-state index is 0.277. The lowest BCUT2D eigenvalue weighted by Gasteiger charge is -2.37. The second kappa shape index (κ2) is 5.44. The van der Waals surface area contributed by atoms with E-state index < -0.39 is 8.32 Å². The second-order valence-electron chi connectivity index (χ2n) is 5.64. The maximum Gasteiger partial charge on any atom is 0.251 e. The zero-order valence-electron chi connectivity index (χ0n) is 11.5. The minimum Gasteiger partial charge on any atom is -0.539 e. The van der Waals surface area contributed by atoms with Gasteiger partial charge >= 0.3 is 0 Å². The van der Waals surface area contributed by atoms with Crippen molar-refractivity contribution in [1.82, 2.24) is 0 Å². The molecule has 0 bridgehead atoms. The molecule has 0 aliphatic carbocycles. The summed E-state index contributed by atoms with van der Waals surface area (Å²) >= 11 is 1.82. The average molecular weight is 246 g/mol. The zero-order chi connectivity index (χ0) is 12.3. The standard InChI is InChI=1S/C12H26OSSi/c1-9-11(14-10(2)3)13-15(7,8)12(4,5)6/h9-10H,1-8H3/b11-9-. The van der Waals surface area contributed by atoms with E-state index in [0.29, 0.717) is 5.25 Å². The Bertz CT molecular complexity index is 226. The van der Waals surface area contributed by atoms with Crippen molar-refractivity contribution in [3.05, 3.63) is 11.2 Å². The van der Waals surface area contributed by atoms with Gasteiger partial charge in [0.25, 0.3) is 8.32 Å². The van der Waals surface area contributed by atoms with Crippen LogP contribution in [-0.4, -0.2) is 13.6 Å². The van der Waals surface area contributed by atoms with Crippen LogP contribution in [0.4, 0.5) is 0 Å². The summed E-state index contributed by atoms with van der Waals surface area (Å²) in [6, 6.07) is 0. The molecule has 0 saturated carbocycles. The molecule has 0 amide bonds. The fraction of sp³-hybridized carbons (Fsp3) is 0.833. The van der Waals surface area contributed by atoms with E-state index in [1.807, 2.05) is 11.8 Å². The van der Waals surface area contributed by atoms with E-state index in [2.05, 4.69) is 60.7 Å². The van der Waals surface area contributed by atoms with Gasteiger partial charge in [-0.2, -0.15) is 0 Å². The summed E-state index contributed by atoms with van der Waals surface area (Å²) in [4.78, 5) is 0. The molecule has 0 atom stereocenters. The number of hydrogen-bond acceptors (Lipinski definition) is 2. The molecule has 0 unspecified atom stereocenters. The molecular weight excluding hydrogens is 220 g/mol. The molecule has 1 nitrogen and oxygen atoms in total. The van der Waals surface area contributed by atoms with Gasteiger partial charge in [-0.25, -0.2) is 0 Å². The molecule has 0 saturated heterocycles. The Labute approximate surface area is 101 Å². The van der Waals surface area contributed by atoms with Crippen LogP contribution in [0.15, 0.2) is 11.2 Å². The highest BCUT2D eigenvalue weighted by Gasteiger charge is 2.39. The largest absolute Gasteiger partial charge is 0.539 e. The molecular formula is C12H26OSSi. The molecule has 3 heteroatoms. The molecule has 0 aromatic rings. The van der Waals surface area contributed by atoms with Crippen LogP contribution in [0.25, 0.3) is 0 Å². The van der Waals surface area contributed by atoms with Gasteiger partial charge < -0.3 is 4.43 Å². The van der Waals surface area contributed by atoms with Gasteiger partial charge in [0, 0.05) is 5.25 Å². The van der Waals surface area contributed by atoms with Crippen molar-refractivity contribution in [2.45, 2.75) is 64.9 Å². The van der Waals surface area contributed by atoms with E-state index in [-0.39, 0.29) is 5.04 Å². The van der Waals surface area contributed by atoms with Crippen LogP contribution in [0.3, 0.4) is 0 Å². The highest BCUT2D eigenvalue weighted by Crippen LogP contribution is 2.40. The molecule has 0 aliphatic rings. The van der Waals surface area contributed by atoms with Crippen molar-refractivity contribution >= 4 is 20.1 Å². The maximum atomic E-state index is 6.23. The van der Waals surface area contributed by atoms with Crippen LogP contribution in [0, 0.1) is 0 Å². The Hall–Kier alpha value is 0.107. The lowest BCUT2D eigenvalue weighted by atomic mass is 10.2. The fourth-order valence-electron chi connectivity index (χ4n) is 0.788.